The lowest BCUT2D eigenvalue weighted by Crippen LogP contribution is -1.97. The number of rotatable bonds is 4. The summed E-state index contributed by atoms with van der Waals surface area (Å²) in [5.74, 6) is 0.893. The van der Waals surface area contributed by atoms with Gasteiger partial charge in [0.2, 0.25) is 0 Å². The maximum Gasteiger partial charge on any atom is 0.126 e. The predicted molar refractivity (Wildman–Crippen MR) is 85.7 cm³/mol. The number of hydrogen-bond acceptors (Lipinski definition) is 2. The van der Waals surface area contributed by atoms with Gasteiger partial charge < -0.3 is 9.84 Å². The fourth-order valence-electron chi connectivity index (χ4n) is 2.76. The number of methoxy groups -OCH3 is 1. The van der Waals surface area contributed by atoms with E-state index in [0.29, 0.717) is 0 Å². The van der Waals surface area contributed by atoms with Gasteiger partial charge in [-0.2, -0.15) is 0 Å². The van der Waals surface area contributed by atoms with Crippen LogP contribution in [0.3, 0.4) is 0 Å². The van der Waals surface area contributed by atoms with Gasteiger partial charge in [-0.25, -0.2) is 0 Å². The van der Waals surface area contributed by atoms with Gasteiger partial charge in [-0.05, 0) is 34.6 Å². The van der Waals surface area contributed by atoms with Crippen LogP contribution >= 0.6 is 0 Å². The van der Waals surface area contributed by atoms with Crippen LogP contribution in [0.25, 0.3) is 10.8 Å². The van der Waals surface area contributed by atoms with E-state index in [1.165, 1.54) is 10.9 Å². The van der Waals surface area contributed by atoms with Crippen molar-refractivity contribution < 1.29 is 9.84 Å². The van der Waals surface area contributed by atoms with Crippen molar-refractivity contribution in [1.82, 2.24) is 0 Å². The molecule has 0 aliphatic heterocycles. The van der Waals surface area contributed by atoms with Crippen molar-refractivity contribution in [2.45, 2.75) is 13.0 Å². The van der Waals surface area contributed by atoms with Crippen LogP contribution < -0.4 is 4.74 Å². The summed E-state index contributed by atoms with van der Waals surface area (Å²) in [6.07, 6.45) is 0.807. The molecule has 0 spiro atoms. The van der Waals surface area contributed by atoms with Crippen LogP contribution in [0.5, 0.6) is 5.75 Å². The third-order valence-corrected chi connectivity index (χ3v) is 3.86. The SMILES string of the molecule is COc1ccc(Cc2ccccc2CO)c2ccccc12. The zero-order valence-electron chi connectivity index (χ0n) is 12.0. The van der Waals surface area contributed by atoms with Crippen LogP contribution in [-0.2, 0) is 13.0 Å². The topological polar surface area (TPSA) is 29.5 Å². The fourth-order valence-corrected chi connectivity index (χ4v) is 2.76. The van der Waals surface area contributed by atoms with Crippen molar-refractivity contribution >= 4 is 10.8 Å². The molecule has 1 N–H and O–H groups in total. The summed E-state index contributed by atoms with van der Waals surface area (Å²) in [7, 11) is 1.70. The molecule has 0 aliphatic carbocycles. The lowest BCUT2D eigenvalue weighted by atomic mass is 9.95. The fraction of sp³-hybridized carbons (Fsp3) is 0.158. The minimum Gasteiger partial charge on any atom is -0.496 e. The Morgan fingerprint density at radius 2 is 1.43 bits per heavy atom. The van der Waals surface area contributed by atoms with Gasteiger partial charge in [-0.1, -0.05) is 54.6 Å². The lowest BCUT2D eigenvalue weighted by Gasteiger charge is -2.12. The van der Waals surface area contributed by atoms with E-state index in [1.54, 1.807) is 7.11 Å². The third kappa shape index (κ3) is 2.63. The number of fused-ring (bicyclic) bond motifs is 1. The maximum absolute atomic E-state index is 9.47. The van der Waals surface area contributed by atoms with Crippen molar-refractivity contribution in [3.05, 3.63) is 77.4 Å². The molecule has 0 aromatic heterocycles. The lowest BCUT2D eigenvalue weighted by molar-refractivity contribution is 0.281. The standard InChI is InChI=1S/C19H18O2/c1-21-19-11-10-15(17-8-4-5-9-18(17)19)12-14-6-2-3-7-16(14)13-20/h2-11,20H,12-13H2,1H3. The van der Waals surface area contributed by atoms with Crippen LogP contribution in [-0.4, -0.2) is 12.2 Å². The van der Waals surface area contributed by atoms with E-state index in [-0.39, 0.29) is 6.61 Å². The van der Waals surface area contributed by atoms with Crippen LogP contribution in [0, 0.1) is 0 Å². The largest absolute Gasteiger partial charge is 0.496 e. The quantitative estimate of drug-likeness (QED) is 0.783. The first-order valence-electron chi connectivity index (χ1n) is 7.05. The van der Waals surface area contributed by atoms with E-state index >= 15 is 0 Å². The van der Waals surface area contributed by atoms with Crippen molar-refractivity contribution in [3.63, 3.8) is 0 Å². The molecular weight excluding hydrogens is 260 g/mol. The summed E-state index contributed by atoms with van der Waals surface area (Å²) >= 11 is 0. The molecule has 0 unspecified atom stereocenters. The second-order valence-corrected chi connectivity index (χ2v) is 5.08. The third-order valence-electron chi connectivity index (χ3n) is 3.86. The van der Waals surface area contributed by atoms with Crippen molar-refractivity contribution in [2.75, 3.05) is 7.11 Å². The number of hydrogen-bond donors (Lipinski definition) is 1. The summed E-state index contributed by atoms with van der Waals surface area (Å²) in [4.78, 5) is 0. The highest BCUT2D eigenvalue weighted by atomic mass is 16.5. The molecule has 0 heterocycles. The Morgan fingerprint density at radius 1 is 0.762 bits per heavy atom. The average Bonchev–Trinajstić information content (AvgIpc) is 2.55. The molecule has 2 heteroatoms. The molecule has 0 aliphatic rings. The summed E-state index contributed by atoms with van der Waals surface area (Å²) < 4.78 is 5.44. The Balaban J connectivity index is 2.09. The molecule has 21 heavy (non-hydrogen) atoms. The maximum atomic E-state index is 9.47. The highest BCUT2D eigenvalue weighted by Crippen LogP contribution is 2.30. The monoisotopic (exact) mass is 278 g/mol. The highest BCUT2D eigenvalue weighted by molar-refractivity contribution is 5.91. The molecule has 106 valence electrons. The Labute approximate surface area is 124 Å². The van der Waals surface area contributed by atoms with E-state index in [2.05, 4.69) is 24.3 Å². The molecule has 3 rings (SSSR count). The van der Waals surface area contributed by atoms with Gasteiger partial charge in [0.15, 0.2) is 0 Å². The minimum atomic E-state index is 0.0737. The van der Waals surface area contributed by atoms with E-state index in [9.17, 15) is 5.11 Å². The van der Waals surface area contributed by atoms with E-state index in [1.807, 2.05) is 36.4 Å². The van der Waals surface area contributed by atoms with Crippen LogP contribution in [0.2, 0.25) is 0 Å². The molecular formula is C19H18O2. The van der Waals surface area contributed by atoms with Gasteiger partial charge in [0.05, 0.1) is 13.7 Å². The second-order valence-electron chi connectivity index (χ2n) is 5.08. The van der Waals surface area contributed by atoms with E-state index in [0.717, 1.165) is 28.7 Å². The van der Waals surface area contributed by atoms with Crippen molar-refractivity contribution in [1.29, 1.82) is 0 Å². The number of benzene rings is 3. The van der Waals surface area contributed by atoms with E-state index in [4.69, 9.17) is 4.74 Å². The van der Waals surface area contributed by atoms with Crippen LogP contribution in [0.1, 0.15) is 16.7 Å². The first-order valence-corrected chi connectivity index (χ1v) is 7.05. The molecule has 0 atom stereocenters. The molecule has 0 bridgehead atoms. The van der Waals surface area contributed by atoms with Gasteiger partial charge in [-0.3, -0.25) is 0 Å². The Kier molecular flexibility index (Phi) is 3.89. The molecule has 0 fully saturated rings. The van der Waals surface area contributed by atoms with E-state index < -0.39 is 0 Å². The summed E-state index contributed by atoms with van der Waals surface area (Å²) in [5, 5.41) is 11.8. The number of aliphatic hydroxyl groups excluding tert-OH is 1. The van der Waals surface area contributed by atoms with Crippen molar-refractivity contribution in [2.24, 2.45) is 0 Å². The molecule has 3 aromatic carbocycles. The number of aliphatic hydroxyl groups is 1. The second kappa shape index (κ2) is 5.98. The van der Waals surface area contributed by atoms with Crippen molar-refractivity contribution in [3.8, 4) is 5.75 Å². The van der Waals surface area contributed by atoms with Gasteiger partial charge >= 0.3 is 0 Å². The van der Waals surface area contributed by atoms with Crippen LogP contribution in [0.4, 0.5) is 0 Å². The van der Waals surface area contributed by atoms with Gasteiger partial charge in [0, 0.05) is 5.39 Å². The van der Waals surface area contributed by atoms with Gasteiger partial charge in [0.1, 0.15) is 5.75 Å². The summed E-state index contributed by atoms with van der Waals surface area (Å²) in [5.41, 5.74) is 3.39. The summed E-state index contributed by atoms with van der Waals surface area (Å²) in [6.45, 7) is 0.0737. The first-order chi connectivity index (χ1) is 10.3. The van der Waals surface area contributed by atoms with Crippen LogP contribution in [0.15, 0.2) is 60.7 Å². The minimum absolute atomic E-state index is 0.0737. The highest BCUT2D eigenvalue weighted by Gasteiger charge is 2.08. The Bertz CT molecular complexity index is 762. The van der Waals surface area contributed by atoms with Gasteiger partial charge in [-0.15, -0.1) is 0 Å². The predicted octanol–water partition coefficient (Wildman–Crippen LogP) is 3.93. The Morgan fingerprint density at radius 3 is 2.14 bits per heavy atom. The van der Waals surface area contributed by atoms with Gasteiger partial charge in [0.25, 0.3) is 0 Å². The smallest absolute Gasteiger partial charge is 0.126 e. The summed E-state index contributed by atoms with van der Waals surface area (Å²) in [6, 6.07) is 20.4. The average molecular weight is 278 g/mol. The number of ether oxygens (including phenoxy) is 1. The molecule has 0 radical (unpaired) electrons. The molecule has 0 saturated heterocycles. The zero-order chi connectivity index (χ0) is 14.7. The normalized spacial score (nSPS) is 10.8. The first kappa shape index (κ1) is 13.7. The molecule has 3 aromatic rings. The Hall–Kier alpha value is -2.32. The molecule has 0 amide bonds. The molecule has 0 saturated carbocycles. The molecule has 2 nitrogen and oxygen atoms in total. The zero-order valence-corrected chi connectivity index (χ0v) is 12.0.